The van der Waals surface area contributed by atoms with Crippen LogP contribution in [0.25, 0.3) is 0 Å². The second kappa shape index (κ2) is 17.0. The van der Waals surface area contributed by atoms with Crippen LogP contribution in [0.15, 0.2) is 78.9 Å². The Bertz CT molecular complexity index is 1700. The number of fused-ring (bicyclic) bond motifs is 1. The zero-order valence-electron chi connectivity index (χ0n) is 29.7. The maximum Gasteiger partial charge on any atom is 0.407 e. The van der Waals surface area contributed by atoms with Gasteiger partial charge >= 0.3 is 6.09 Å². The summed E-state index contributed by atoms with van der Waals surface area (Å²) in [6, 6.07) is 23.3. The Kier molecular flexibility index (Phi) is 12.8. The molecule has 3 aromatic rings. The number of carbonyl (C=O) groups excluding carboxylic acids is 2. The number of hydrogen-bond donors (Lipinski definition) is 4. The van der Waals surface area contributed by atoms with Gasteiger partial charge in [0.2, 0.25) is 5.91 Å². The maximum absolute atomic E-state index is 14.1. The van der Waals surface area contributed by atoms with E-state index in [0.29, 0.717) is 51.3 Å². The fourth-order valence-corrected chi connectivity index (χ4v) is 7.92. The maximum atomic E-state index is 14.1. The number of sulfone groups is 1. The largest absolute Gasteiger partial charge is 0.492 e. The summed E-state index contributed by atoms with van der Waals surface area (Å²) < 4.78 is 34.9. The molecule has 11 nitrogen and oxygen atoms in total. The molecule has 0 radical (unpaired) electrons. The summed E-state index contributed by atoms with van der Waals surface area (Å²) in [4.78, 5) is 29.0. The number of benzene rings is 3. The van der Waals surface area contributed by atoms with Gasteiger partial charge in [0, 0.05) is 32.0 Å². The topological polar surface area (TPSA) is 154 Å². The van der Waals surface area contributed by atoms with Crippen LogP contribution in [0.3, 0.4) is 0 Å². The lowest BCUT2D eigenvalue weighted by atomic mass is 9.88. The third-order valence-corrected chi connectivity index (χ3v) is 11.0. The van der Waals surface area contributed by atoms with Gasteiger partial charge in [-0.3, -0.25) is 9.69 Å². The zero-order chi connectivity index (χ0) is 36.6. The van der Waals surface area contributed by atoms with Crippen LogP contribution in [-0.2, 0) is 38.6 Å². The first-order valence-electron chi connectivity index (χ1n) is 17.7. The molecule has 276 valence electrons. The Morgan fingerprint density at radius 3 is 2.25 bits per heavy atom. The van der Waals surface area contributed by atoms with E-state index in [1.807, 2.05) is 78.9 Å². The van der Waals surface area contributed by atoms with E-state index in [1.54, 1.807) is 20.8 Å². The highest BCUT2D eigenvalue weighted by atomic mass is 32.2. The zero-order valence-corrected chi connectivity index (χ0v) is 30.5. The van der Waals surface area contributed by atoms with Crippen molar-refractivity contribution in [1.29, 1.82) is 0 Å². The van der Waals surface area contributed by atoms with Crippen LogP contribution in [0.5, 0.6) is 5.75 Å². The number of amides is 2. The summed E-state index contributed by atoms with van der Waals surface area (Å²) in [5.41, 5.74) is 2.88. The highest BCUT2D eigenvalue weighted by Crippen LogP contribution is 2.32. The molecule has 1 fully saturated rings. The Hall–Kier alpha value is -3.97. The molecule has 1 heterocycles. The third-order valence-electron chi connectivity index (χ3n) is 9.38. The fraction of sp³-hybridized carbons (Fsp3) is 0.487. The summed E-state index contributed by atoms with van der Waals surface area (Å²) in [5.74, 6) is -0.0298. The predicted molar refractivity (Wildman–Crippen MR) is 195 cm³/mol. The monoisotopic (exact) mass is 721 g/mol. The number of nitrogens with one attached hydrogen (secondary N) is 2. The van der Waals surface area contributed by atoms with Crippen LogP contribution in [0, 0.1) is 5.92 Å². The average molecular weight is 722 g/mol. The number of hydrogen-bond acceptors (Lipinski definition) is 9. The highest BCUT2D eigenvalue weighted by Gasteiger charge is 2.35. The molecule has 0 saturated carbocycles. The molecule has 2 amide bonds. The lowest BCUT2D eigenvalue weighted by Gasteiger charge is -2.30. The van der Waals surface area contributed by atoms with Crippen molar-refractivity contribution in [3.63, 3.8) is 0 Å². The van der Waals surface area contributed by atoms with Crippen LogP contribution in [-0.4, -0.2) is 97.1 Å². The molecule has 1 aliphatic heterocycles. The molecule has 4 N–H and O–H groups in total. The number of aliphatic hydroxyl groups excluding tert-OH is 2. The van der Waals surface area contributed by atoms with Gasteiger partial charge in [0.15, 0.2) is 9.84 Å². The van der Waals surface area contributed by atoms with Crippen molar-refractivity contribution in [3.05, 3.63) is 101 Å². The smallest absolute Gasteiger partial charge is 0.407 e. The molecular formula is C39H51N3O8S. The quantitative estimate of drug-likeness (QED) is 0.196. The minimum absolute atomic E-state index is 0.0351. The second-order valence-electron chi connectivity index (χ2n) is 14.6. The summed E-state index contributed by atoms with van der Waals surface area (Å²) in [6.07, 6.45) is -1.46. The molecule has 12 heteroatoms. The molecule has 0 unspecified atom stereocenters. The van der Waals surface area contributed by atoms with Crippen molar-refractivity contribution in [2.75, 3.05) is 37.7 Å². The molecule has 51 heavy (non-hydrogen) atoms. The Morgan fingerprint density at radius 1 is 0.922 bits per heavy atom. The normalized spacial score (nSPS) is 20.4. The Balaban J connectivity index is 1.29. The molecule has 5 atom stereocenters. The van der Waals surface area contributed by atoms with Crippen LogP contribution in [0.4, 0.5) is 4.79 Å². The number of carbonyl (C=O) groups is 2. The van der Waals surface area contributed by atoms with E-state index >= 15 is 0 Å². The van der Waals surface area contributed by atoms with Gasteiger partial charge in [-0.25, -0.2) is 13.2 Å². The van der Waals surface area contributed by atoms with E-state index in [9.17, 15) is 28.2 Å². The molecule has 0 aromatic heterocycles. The highest BCUT2D eigenvalue weighted by molar-refractivity contribution is 7.91. The molecule has 3 aromatic carbocycles. The van der Waals surface area contributed by atoms with E-state index in [-0.39, 0.29) is 23.8 Å². The average Bonchev–Trinajstić information content (AvgIpc) is 3.39. The number of alkyl carbamates (subject to hydrolysis) is 1. The van der Waals surface area contributed by atoms with E-state index < -0.39 is 51.7 Å². The van der Waals surface area contributed by atoms with Gasteiger partial charge in [-0.15, -0.1) is 0 Å². The SMILES string of the molecule is CC(C)(C)OC(=O)N[C@@H](Cc1ccccc1)[C@@H](O)C[C@@H](Cc1ccc(OCCN2CCS(=O)(=O)CC2)cc1)C(=O)N[C@H]1c2ccccc2C[C@H]1O. The van der Waals surface area contributed by atoms with Gasteiger partial charge in [0.1, 0.15) is 18.0 Å². The predicted octanol–water partition coefficient (Wildman–Crippen LogP) is 3.62. The van der Waals surface area contributed by atoms with Gasteiger partial charge in [0.05, 0.1) is 35.8 Å². The molecular weight excluding hydrogens is 671 g/mol. The van der Waals surface area contributed by atoms with Gasteiger partial charge in [0.25, 0.3) is 0 Å². The molecule has 0 bridgehead atoms. The van der Waals surface area contributed by atoms with E-state index in [1.165, 1.54) is 0 Å². The molecule has 5 rings (SSSR count). The van der Waals surface area contributed by atoms with Crippen molar-refractivity contribution in [1.82, 2.24) is 15.5 Å². The first-order chi connectivity index (χ1) is 24.2. The summed E-state index contributed by atoms with van der Waals surface area (Å²) >= 11 is 0. The van der Waals surface area contributed by atoms with Crippen molar-refractivity contribution < 1.29 is 37.7 Å². The summed E-state index contributed by atoms with van der Waals surface area (Å²) in [5, 5.41) is 28.5. The van der Waals surface area contributed by atoms with E-state index in [0.717, 1.165) is 22.3 Å². The number of aliphatic hydroxyl groups is 2. The van der Waals surface area contributed by atoms with E-state index in [4.69, 9.17) is 9.47 Å². The van der Waals surface area contributed by atoms with Gasteiger partial charge in [-0.1, -0.05) is 66.7 Å². The molecule has 1 saturated heterocycles. The van der Waals surface area contributed by atoms with Crippen molar-refractivity contribution in [2.45, 2.75) is 76.3 Å². The molecule has 0 spiro atoms. The van der Waals surface area contributed by atoms with Crippen LogP contribution < -0.4 is 15.4 Å². The Labute approximate surface area is 301 Å². The third kappa shape index (κ3) is 11.5. The number of nitrogens with zero attached hydrogens (tertiary/aromatic N) is 1. The summed E-state index contributed by atoms with van der Waals surface area (Å²) in [6.45, 7) is 7.34. The minimum Gasteiger partial charge on any atom is -0.492 e. The van der Waals surface area contributed by atoms with Crippen LogP contribution in [0.1, 0.15) is 55.5 Å². The fourth-order valence-electron chi connectivity index (χ4n) is 6.64. The van der Waals surface area contributed by atoms with Crippen LogP contribution in [0.2, 0.25) is 0 Å². The van der Waals surface area contributed by atoms with E-state index in [2.05, 4.69) is 15.5 Å². The van der Waals surface area contributed by atoms with Crippen molar-refractivity contribution in [2.24, 2.45) is 5.92 Å². The molecule has 2 aliphatic rings. The minimum atomic E-state index is -2.94. The second-order valence-corrected chi connectivity index (χ2v) is 16.9. The Morgan fingerprint density at radius 2 is 1.57 bits per heavy atom. The van der Waals surface area contributed by atoms with Gasteiger partial charge in [-0.2, -0.15) is 0 Å². The number of rotatable bonds is 14. The standard InChI is InChI=1S/C39H51N3O8S/c1-39(2,3)50-38(46)40-33(24-27-9-5-4-6-10-27)34(43)26-30(37(45)41-36-32-12-8-7-11-29(32)25-35(36)44)23-28-13-15-31(16-14-28)49-20-17-42-18-21-51(47,48)22-19-42/h4-16,30,33-36,43-44H,17-26H2,1-3H3,(H,40,46)(H,41,45)/t30-,33+,34+,35-,36+/m1/s1. The van der Waals surface area contributed by atoms with Crippen molar-refractivity contribution >= 4 is 21.8 Å². The first kappa shape index (κ1) is 38.3. The van der Waals surface area contributed by atoms with Gasteiger partial charge in [-0.05, 0) is 74.4 Å². The first-order valence-corrected chi connectivity index (χ1v) is 19.5. The van der Waals surface area contributed by atoms with Crippen LogP contribution >= 0.6 is 0 Å². The van der Waals surface area contributed by atoms with Crippen molar-refractivity contribution in [3.8, 4) is 5.75 Å². The van der Waals surface area contributed by atoms with Gasteiger partial charge < -0.3 is 30.3 Å². The number of ether oxygens (including phenoxy) is 2. The lowest BCUT2D eigenvalue weighted by Crippen LogP contribution is -2.48. The lowest BCUT2D eigenvalue weighted by molar-refractivity contribution is -0.127. The molecule has 1 aliphatic carbocycles. The summed E-state index contributed by atoms with van der Waals surface area (Å²) in [7, 11) is -2.94.